The van der Waals surface area contributed by atoms with Crippen molar-refractivity contribution >= 4 is 17.4 Å². The third-order valence-electron chi connectivity index (χ3n) is 6.38. The molecule has 2 bridgehead atoms. The Bertz CT molecular complexity index is 599. The van der Waals surface area contributed by atoms with Gasteiger partial charge in [-0.3, -0.25) is 0 Å². The van der Waals surface area contributed by atoms with Crippen LogP contribution in [0.2, 0.25) is 0 Å². The predicted octanol–water partition coefficient (Wildman–Crippen LogP) is 3.43. The van der Waals surface area contributed by atoms with E-state index in [2.05, 4.69) is 15.6 Å². The molecule has 0 saturated heterocycles. The SMILES string of the molecule is Cc1nc(C)c(CCNC(=O)N[C@@H]2C[C@H]3C[C@H]2[C@@H]2CCC[C@@H]32)s1. The molecule has 4 rings (SSSR count). The Morgan fingerprint density at radius 1 is 1.22 bits per heavy atom. The molecule has 3 saturated carbocycles. The van der Waals surface area contributed by atoms with Crippen LogP contribution >= 0.6 is 11.3 Å². The summed E-state index contributed by atoms with van der Waals surface area (Å²) in [6.07, 6.45) is 7.71. The van der Waals surface area contributed by atoms with Crippen LogP contribution in [0.5, 0.6) is 0 Å². The summed E-state index contributed by atoms with van der Waals surface area (Å²) in [6.45, 7) is 4.78. The van der Waals surface area contributed by atoms with Crippen molar-refractivity contribution in [3.8, 4) is 0 Å². The zero-order valence-corrected chi connectivity index (χ0v) is 14.9. The molecule has 0 unspecified atom stereocenters. The van der Waals surface area contributed by atoms with Gasteiger partial charge in [-0.25, -0.2) is 9.78 Å². The van der Waals surface area contributed by atoms with Gasteiger partial charge in [-0.2, -0.15) is 0 Å². The van der Waals surface area contributed by atoms with E-state index in [0.717, 1.165) is 40.8 Å². The van der Waals surface area contributed by atoms with Crippen molar-refractivity contribution in [1.82, 2.24) is 15.6 Å². The van der Waals surface area contributed by atoms with Crippen LogP contribution in [0, 0.1) is 37.5 Å². The van der Waals surface area contributed by atoms with Gasteiger partial charge in [0.25, 0.3) is 0 Å². The fourth-order valence-electron chi connectivity index (χ4n) is 5.55. The van der Waals surface area contributed by atoms with Crippen molar-refractivity contribution in [2.24, 2.45) is 23.7 Å². The van der Waals surface area contributed by atoms with Crippen molar-refractivity contribution in [2.75, 3.05) is 6.54 Å². The topological polar surface area (TPSA) is 54.0 Å². The highest BCUT2D eigenvalue weighted by molar-refractivity contribution is 7.11. The number of fused-ring (bicyclic) bond motifs is 5. The lowest BCUT2D eigenvalue weighted by Gasteiger charge is -2.32. The summed E-state index contributed by atoms with van der Waals surface area (Å²) < 4.78 is 0. The number of thiazole rings is 1. The predicted molar refractivity (Wildman–Crippen MR) is 92.7 cm³/mol. The largest absolute Gasteiger partial charge is 0.338 e. The number of carbonyl (C=O) groups is 1. The molecule has 23 heavy (non-hydrogen) atoms. The normalized spacial score (nSPS) is 34.6. The van der Waals surface area contributed by atoms with E-state index >= 15 is 0 Å². The van der Waals surface area contributed by atoms with Crippen molar-refractivity contribution in [3.63, 3.8) is 0 Å². The summed E-state index contributed by atoms with van der Waals surface area (Å²) in [5, 5.41) is 7.42. The standard InChI is InChI=1S/C18H27N3OS/c1-10-17(23-11(2)20-10)6-7-19-18(22)21-16-9-12-8-15(16)14-5-3-4-13(12)14/h12-16H,3-9H2,1-2H3,(H2,19,21,22)/t12-,13+,14-,15+,16-/m1/s1. The summed E-state index contributed by atoms with van der Waals surface area (Å²) in [5.74, 6) is 3.53. The first-order valence-corrected chi connectivity index (χ1v) is 9.90. The number of nitrogens with zero attached hydrogens (tertiary/aromatic N) is 1. The number of hydrogen-bond acceptors (Lipinski definition) is 3. The lowest BCUT2D eigenvalue weighted by Crippen LogP contribution is -2.47. The van der Waals surface area contributed by atoms with Crippen LogP contribution in [0.4, 0.5) is 4.79 Å². The zero-order valence-electron chi connectivity index (χ0n) is 14.1. The van der Waals surface area contributed by atoms with Crippen LogP contribution in [0.3, 0.4) is 0 Å². The number of aromatic nitrogens is 1. The van der Waals surface area contributed by atoms with Crippen LogP contribution in [-0.4, -0.2) is 23.6 Å². The second-order valence-corrected chi connectivity index (χ2v) is 8.94. The summed E-state index contributed by atoms with van der Waals surface area (Å²) >= 11 is 1.74. The smallest absolute Gasteiger partial charge is 0.315 e. The maximum atomic E-state index is 12.2. The minimum Gasteiger partial charge on any atom is -0.338 e. The second kappa shape index (κ2) is 6.08. The van der Waals surface area contributed by atoms with Crippen molar-refractivity contribution < 1.29 is 4.79 Å². The average molecular weight is 334 g/mol. The summed E-state index contributed by atoms with van der Waals surface area (Å²) in [5.41, 5.74) is 1.11. The molecule has 3 aliphatic rings. The molecule has 0 radical (unpaired) electrons. The first kappa shape index (κ1) is 15.4. The third kappa shape index (κ3) is 2.88. The van der Waals surface area contributed by atoms with E-state index in [1.807, 2.05) is 13.8 Å². The van der Waals surface area contributed by atoms with Crippen LogP contribution in [0.15, 0.2) is 0 Å². The molecule has 126 valence electrons. The van der Waals surface area contributed by atoms with Crippen LogP contribution < -0.4 is 10.6 Å². The molecular weight excluding hydrogens is 306 g/mol. The fraction of sp³-hybridized carbons (Fsp3) is 0.778. The first-order valence-electron chi connectivity index (χ1n) is 9.09. The van der Waals surface area contributed by atoms with E-state index in [1.54, 1.807) is 11.3 Å². The van der Waals surface area contributed by atoms with Crippen LogP contribution in [0.1, 0.15) is 47.7 Å². The van der Waals surface area contributed by atoms with Crippen molar-refractivity contribution in [1.29, 1.82) is 0 Å². The fourth-order valence-corrected chi connectivity index (χ4v) is 6.49. The van der Waals surface area contributed by atoms with E-state index in [9.17, 15) is 4.79 Å². The quantitative estimate of drug-likeness (QED) is 0.887. The number of nitrogens with one attached hydrogen (secondary N) is 2. The van der Waals surface area contributed by atoms with Gasteiger partial charge in [-0.1, -0.05) is 6.42 Å². The minimum atomic E-state index is 0.0241. The van der Waals surface area contributed by atoms with Gasteiger partial charge in [0, 0.05) is 23.9 Å². The van der Waals surface area contributed by atoms with E-state index in [0.29, 0.717) is 12.6 Å². The lowest BCUT2D eigenvalue weighted by atomic mass is 9.79. The van der Waals surface area contributed by atoms with Crippen LogP contribution in [-0.2, 0) is 6.42 Å². The molecule has 0 spiro atoms. The average Bonchev–Trinajstić information content (AvgIpc) is 3.21. The van der Waals surface area contributed by atoms with E-state index in [1.165, 1.54) is 37.0 Å². The second-order valence-electron chi connectivity index (χ2n) is 7.65. The minimum absolute atomic E-state index is 0.0241. The molecule has 1 heterocycles. The Morgan fingerprint density at radius 3 is 2.83 bits per heavy atom. The van der Waals surface area contributed by atoms with Crippen molar-refractivity contribution in [2.45, 2.75) is 58.4 Å². The maximum Gasteiger partial charge on any atom is 0.315 e. The Kier molecular flexibility index (Phi) is 4.08. The van der Waals surface area contributed by atoms with Gasteiger partial charge in [0.1, 0.15) is 0 Å². The number of rotatable bonds is 4. The number of aryl methyl sites for hydroxylation is 2. The Hall–Kier alpha value is -1.10. The number of hydrogen-bond donors (Lipinski definition) is 2. The van der Waals surface area contributed by atoms with Gasteiger partial charge >= 0.3 is 6.03 Å². The summed E-state index contributed by atoms with van der Waals surface area (Å²) in [7, 11) is 0. The first-order chi connectivity index (χ1) is 11.1. The van der Waals surface area contributed by atoms with Crippen LogP contribution in [0.25, 0.3) is 0 Å². The highest BCUT2D eigenvalue weighted by atomic mass is 32.1. The molecule has 0 aliphatic heterocycles. The Morgan fingerprint density at radius 2 is 2.04 bits per heavy atom. The molecule has 3 fully saturated rings. The number of urea groups is 1. The highest BCUT2D eigenvalue weighted by Gasteiger charge is 2.53. The third-order valence-corrected chi connectivity index (χ3v) is 7.52. The molecule has 5 heteroatoms. The number of amides is 2. The van der Waals surface area contributed by atoms with Crippen molar-refractivity contribution in [3.05, 3.63) is 15.6 Å². The molecule has 3 aliphatic carbocycles. The van der Waals surface area contributed by atoms with E-state index in [4.69, 9.17) is 0 Å². The monoisotopic (exact) mass is 333 g/mol. The summed E-state index contributed by atoms with van der Waals surface area (Å²) in [6, 6.07) is 0.447. The van der Waals surface area contributed by atoms with E-state index in [-0.39, 0.29) is 6.03 Å². The van der Waals surface area contributed by atoms with Gasteiger partial charge in [0.15, 0.2) is 0 Å². The van der Waals surface area contributed by atoms with Gasteiger partial charge in [0.05, 0.1) is 10.7 Å². The van der Waals surface area contributed by atoms with E-state index < -0.39 is 0 Å². The lowest BCUT2D eigenvalue weighted by molar-refractivity contribution is 0.198. The zero-order chi connectivity index (χ0) is 16.0. The molecular formula is C18H27N3OS. The molecule has 2 N–H and O–H groups in total. The van der Waals surface area contributed by atoms with Gasteiger partial charge in [-0.05, 0) is 63.2 Å². The Balaban J connectivity index is 1.24. The highest BCUT2D eigenvalue weighted by Crippen LogP contribution is 2.58. The molecule has 2 amide bonds. The van der Waals surface area contributed by atoms with Gasteiger partial charge in [0.2, 0.25) is 0 Å². The molecule has 0 aromatic carbocycles. The molecule has 1 aromatic rings. The molecule has 4 nitrogen and oxygen atoms in total. The van der Waals surface area contributed by atoms with Gasteiger partial charge < -0.3 is 10.6 Å². The van der Waals surface area contributed by atoms with Gasteiger partial charge in [-0.15, -0.1) is 11.3 Å². The Labute approximate surface area is 142 Å². The summed E-state index contributed by atoms with van der Waals surface area (Å²) in [4.78, 5) is 17.9. The maximum absolute atomic E-state index is 12.2. The molecule has 1 aromatic heterocycles. The number of carbonyl (C=O) groups excluding carboxylic acids is 1. The molecule has 5 atom stereocenters.